The zero-order valence-electron chi connectivity index (χ0n) is 26.2. The van der Waals surface area contributed by atoms with E-state index in [-0.39, 0.29) is 29.9 Å². The van der Waals surface area contributed by atoms with Gasteiger partial charge >= 0.3 is 17.1 Å². The van der Waals surface area contributed by atoms with E-state index in [0.717, 1.165) is 32.8 Å². The standard InChI is InChI=1S/2C16H32O2.CH4O.Cu/c2*1-2-3-4-5-6-7-8-9-10-11-12-13-14-15-16(17)18;1-2;/h2*2-15H2,1H3,(H,17,18);2H,1H3;/q;;;+2/p-2. The minimum absolute atomic E-state index is 0. The molecule has 5 nitrogen and oxygen atoms in total. The Balaban J connectivity index is -0.000000288. The van der Waals surface area contributed by atoms with Crippen LogP contribution in [0.2, 0.25) is 0 Å². The van der Waals surface area contributed by atoms with E-state index in [0.29, 0.717) is 0 Å². The van der Waals surface area contributed by atoms with E-state index in [1.807, 2.05) is 0 Å². The van der Waals surface area contributed by atoms with Gasteiger partial charge in [-0.15, -0.1) is 0 Å². The number of carbonyl (C=O) groups excluding carboxylic acids is 2. The summed E-state index contributed by atoms with van der Waals surface area (Å²) in [5, 5.41) is 27.4. The second-order valence-electron chi connectivity index (χ2n) is 10.7. The van der Waals surface area contributed by atoms with Crippen LogP contribution in [0.4, 0.5) is 0 Å². The van der Waals surface area contributed by atoms with Crippen molar-refractivity contribution in [3.63, 3.8) is 0 Å². The quantitative estimate of drug-likeness (QED) is 0.0718. The molecule has 0 aliphatic heterocycles. The maximum absolute atomic E-state index is 10.2. The Labute approximate surface area is 254 Å². The molecule has 0 aromatic heterocycles. The summed E-state index contributed by atoms with van der Waals surface area (Å²) in [7, 11) is 1.00. The Morgan fingerprint density at radius 1 is 0.385 bits per heavy atom. The fraction of sp³-hybridized carbons (Fsp3) is 0.939. The first kappa shape index (κ1) is 45.4. The summed E-state index contributed by atoms with van der Waals surface area (Å²) in [6, 6.07) is 0. The SMILES string of the molecule is CCCCCCCCCCCCCCCC(=O)[O-].CCCCCCCCCCCCCCCC(=O)[O-].CO.[Cu+2]. The van der Waals surface area contributed by atoms with Gasteiger partial charge in [0.15, 0.2) is 0 Å². The fourth-order valence-corrected chi connectivity index (χ4v) is 4.57. The van der Waals surface area contributed by atoms with Crippen molar-refractivity contribution in [2.75, 3.05) is 7.11 Å². The number of aliphatic carboxylic acids is 2. The smallest absolute Gasteiger partial charge is 0.550 e. The van der Waals surface area contributed by atoms with Gasteiger partial charge in [-0.3, -0.25) is 0 Å². The maximum atomic E-state index is 10.2. The van der Waals surface area contributed by atoms with Crippen molar-refractivity contribution >= 4 is 11.9 Å². The van der Waals surface area contributed by atoms with Crippen LogP contribution in [0.1, 0.15) is 194 Å². The summed E-state index contributed by atoms with van der Waals surface area (Å²) in [5.74, 6) is -1.81. The van der Waals surface area contributed by atoms with E-state index in [4.69, 9.17) is 5.11 Å². The molecule has 0 aromatic rings. The predicted molar refractivity (Wildman–Crippen MR) is 159 cm³/mol. The minimum atomic E-state index is -0.905. The third kappa shape index (κ3) is 54.2. The van der Waals surface area contributed by atoms with Gasteiger partial charge in [-0.25, -0.2) is 0 Å². The van der Waals surface area contributed by atoms with Crippen LogP contribution in [-0.2, 0) is 26.7 Å². The molecule has 0 aliphatic rings. The predicted octanol–water partition coefficient (Wildman–Crippen LogP) is 8.04. The van der Waals surface area contributed by atoms with Crippen LogP contribution in [0.15, 0.2) is 0 Å². The molecule has 239 valence electrons. The molecular formula is C33H66CuO5. The van der Waals surface area contributed by atoms with Gasteiger partial charge in [0.2, 0.25) is 0 Å². The van der Waals surface area contributed by atoms with Gasteiger partial charge in [-0.1, -0.05) is 168 Å². The van der Waals surface area contributed by atoms with Crippen LogP contribution in [0.5, 0.6) is 0 Å². The van der Waals surface area contributed by atoms with Crippen LogP contribution >= 0.6 is 0 Å². The number of aliphatic hydroxyl groups is 1. The molecule has 0 rings (SSSR count). The summed E-state index contributed by atoms with van der Waals surface area (Å²) in [4.78, 5) is 20.4. The number of rotatable bonds is 28. The minimum Gasteiger partial charge on any atom is -0.550 e. The molecule has 0 unspecified atom stereocenters. The molecule has 0 spiro atoms. The Bertz CT molecular complexity index is 406. The average Bonchev–Trinajstić information content (AvgIpc) is 2.90. The normalized spacial score (nSPS) is 10.1. The molecule has 0 aliphatic carbocycles. The van der Waals surface area contributed by atoms with E-state index < -0.39 is 11.9 Å². The second-order valence-corrected chi connectivity index (χ2v) is 10.7. The number of hydrogen-bond donors (Lipinski definition) is 1. The number of unbranched alkanes of at least 4 members (excludes halogenated alkanes) is 24. The van der Waals surface area contributed by atoms with Gasteiger partial charge in [-0.05, 0) is 25.7 Å². The van der Waals surface area contributed by atoms with Crippen molar-refractivity contribution in [2.24, 2.45) is 0 Å². The maximum Gasteiger partial charge on any atom is 2.00 e. The van der Waals surface area contributed by atoms with Crippen LogP contribution in [0.25, 0.3) is 0 Å². The molecule has 39 heavy (non-hydrogen) atoms. The van der Waals surface area contributed by atoms with E-state index >= 15 is 0 Å². The molecule has 0 atom stereocenters. The van der Waals surface area contributed by atoms with E-state index in [1.54, 1.807) is 0 Å². The summed E-state index contributed by atoms with van der Waals surface area (Å²) in [6.07, 6.45) is 33.9. The van der Waals surface area contributed by atoms with Crippen LogP contribution in [-0.4, -0.2) is 24.2 Å². The summed E-state index contributed by atoms with van der Waals surface area (Å²) < 4.78 is 0. The molecule has 0 amide bonds. The summed E-state index contributed by atoms with van der Waals surface area (Å²) in [6.45, 7) is 4.51. The van der Waals surface area contributed by atoms with Crippen molar-refractivity contribution in [1.29, 1.82) is 0 Å². The van der Waals surface area contributed by atoms with Gasteiger partial charge in [0, 0.05) is 19.0 Å². The summed E-state index contributed by atoms with van der Waals surface area (Å²) >= 11 is 0. The van der Waals surface area contributed by atoms with Gasteiger partial charge in [0.1, 0.15) is 0 Å². The van der Waals surface area contributed by atoms with E-state index in [2.05, 4.69) is 13.8 Å². The van der Waals surface area contributed by atoms with Crippen LogP contribution in [0, 0.1) is 0 Å². The third-order valence-corrected chi connectivity index (χ3v) is 6.97. The van der Waals surface area contributed by atoms with E-state index in [9.17, 15) is 19.8 Å². The first-order valence-electron chi connectivity index (χ1n) is 16.4. The average molecular weight is 606 g/mol. The van der Waals surface area contributed by atoms with Crippen LogP contribution < -0.4 is 10.2 Å². The first-order chi connectivity index (χ1) is 18.5. The van der Waals surface area contributed by atoms with E-state index in [1.165, 1.54) is 141 Å². The Hall–Kier alpha value is -0.581. The topological polar surface area (TPSA) is 100 Å². The molecular weight excluding hydrogens is 540 g/mol. The molecule has 0 fully saturated rings. The zero-order valence-corrected chi connectivity index (χ0v) is 27.1. The Morgan fingerprint density at radius 2 is 0.538 bits per heavy atom. The largest absolute Gasteiger partial charge is 2.00 e. The number of carboxylic acids is 2. The molecule has 0 saturated heterocycles. The number of aliphatic hydroxyl groups excluding tert-OH is 1. The summed E-state index contributed by atoms with van der Waals surface area (Å²) in [5.41, 5.74) is 0. The van der Waals surface area contributed by atoms with Crippen molar-refractivity contribution in [3.8, 4) is 0 Å². The molecule has 1 N–H and O–H groups in total. The molecule has 0 aromatic carbocycles. The second kappa shape index (κ2) is 44.4. The third-order valence-electron chi connectivity index (χ3n) is 6.97. The van der Waals surface area contributed by atoms with Crippen molar-refractivity contribution < 1.29 is 42.0 Å². The number of carbonyl (C=O) groups is 2. The molecule has 0 saturated carbocycles. The van der Waals surface area contributed by atoms with Gasteiger partial charge < -0.3 is 24.9 Å². The van der Waals surface area contributed by atoms with Gasteiger partial charge in [0.25, 0.3) is 0 Å². The molecule has 0 heterocycles. The van der Waals surface area contributed by atoms with Crippen molar-refractivity contribution in [2.45, 2.75) is 194 Å². The molecule has 1 radical (unpaired) electrons. The Kier molecular flexibility index (Phi) is 51.7. The number of carboxylic acid groups (broad SMARTS) is 2. The van der Waals surface area contributed by atoms with Crippen LogP contribution in [0.3, 0.4) is 0 Å². The van der Waals surface area contributed by atoms with Gasteiger partial charge in [0.05, 0.1) is 0 Å². The van der Waals surface area contributed by atoms with Gasteiger partial charge in [-0.2, -0.15) is 0 Å². The zero-order chi connectivity index (χ0) is 29.0. The monoisotopic (exact) mass is 605 g/mol. The van der Waals surface area contributed by atoms with Crippen molar-refractivity contribution in [3.05, 3.63) is 0 Å². The molecule has 0 bridgehead atoms. The number of hydrogen-bond acceptors (Lipinski definition) is 5. The van der Waals surface area contributed by atoms with Crippen molar-refractivity contribution in [1.82, 2.24) is 0 Å². The first-order valence-corrected chi connectivity index (χ1v) is 16.4. The molecule has 6 heteroatoms. The Morgan fingerprint density at radius 3 is 0.692 bits per heavy atom. The fourth-order valence-electron chi connectivity index (χ4n) is 4.57.